The van der Waals surface area contributed by atoms with E-state index in [-0.39, 0.29) is 51.4 Å². The van der Waals surface area contributed by atoms with Gasteiger partial charge in [-0.2, -0.15) is 0 Å². The number of phenols is 1. The molecule has 9 heteroatoms. The molecule has 36 heavy (non-hydrogen) atoms. The van der Waals surface area contributed by atoms with Crippen molar-refractivity contribution in [2.75, 3.05) is 5.32 Å². The molecule has 0 aliphatic rings. The largest absolute Gasteiger partial charge is 0.505 e. The van der Waals surface area contributed by atoms with Crippen LogP contribution in [0.25, 0.3) is 10.8 Å². The number of azo groups is 1. The van der Waals surface area contributed by atoms with Gasteiger partial charge in [-0.3, -0.25) is 14.4 Å². The molecular formula is C27H21ClN4O4. The Bertz CT molecular complexity index is 1530. The molecule has 0 fully saturated rings. The van der Waals surface area contributed by atoms with Crippen LogP contribution in [-0.4, -0.2) is 22.7 Å². The van der Waals surface area contributed by atoms with Crippen LogP contribution in [0, 0.1) is 0 Å². The van der Waals surface area contributed by atoms with Crippen molar-refractivity contribution in [2.45, 2.75) is 13.3 Å². The highest BCUT2D eigenvalue weighted by Gasteiger charge is 2.19. The average molecular weight is 501 g/mol. The maximum absolute atomic E-state index is 13.2. The van der Waals surface area contributed by atoms with Crippen LogP contribution < -0.4 is 11.1 Å². The number of benzene rings is 4. The van der Waals surface area contributed by atoms with Crippen LogP contribution >= 0.6 is 11.6 Å². The maximum Gasteiger partial charge on any atom is 0.248 e. The van der Waals surface area contributed by atoms with Gasteiger partial charge in [0.2, 0.25) is 11.8 Å². The molecule has 180 valence electrons. The van der Waals surface area contributed by atoms with Gasteiger partial charge in [-0.15, -0.1) is 10.2 Å². The number of Topliss-reactive ketones (excluding diaryl/α,β-unsaturated/α-hetero) is 1. The molecule has 4 rings (SSSR count). The summed E-state index contributed by atoms with van der Waals surface area (Å²) in [5.41, 5.74) is 7.24. The summed E-state index contributed by atoms with van der Waals surface area (Å²) in [7, 11) is 0. The summed E-state index contributed by atoms with van der Waals surface area (Å²) in [6, 6.07) is 20.0. The number of hydrogen-bond acceptors (Lipinski definition) is 6. The van der Waals surface area contributed by atoms with E-state index in [0.29, 0.717) is 22.0 Å². The number of anilines is 1. The van der Waals surface area contributed by atoms with Gasteiger partial charge in [-0.1, -0.05) is 48.0 Å². The number of hydrogen-bond donors (Lipinski definition) is 3. The summed E-state index contributed by atoms with van der Waals surface area (Å²) >= 11 is 6.19. The number of amides is 2. The SMILES string of the molecule is CC(=O)Nc1ccc(CC(=O)c2cc3ccccc3c(N=Nc3cc(C(N)=O)ccc3Cl)c2O)cc1. The lowest BCUT2D eigenvalue weighted by Crippen LogP contribution is -2.10. The molecule has 0 heterocycles. The summed E-state index contributed by atoms with van der Waals surface area (Å²) < 4.78 is 0. The lowest BCUT2D eigenvalue weighted by molar-refractivity contribution is -0.114. The van der Waals surface area contributed by atoms with Gasteiger partial charge in [0.05, 0.1) is 10.6 Å². The first-order chi connectivity index (χ1) is 17.2. The van der Waals surface area contributed by atoms with Gasteiger partial charge in [0.25, 0.3) is 0 Å². The summed E-state index contributed by atoms with van der Waals surface area (Å²) in [6.45, 7) is 1.41. The number of nitrogens with zero attached hydrogens (tertiary/aromatic N) is 2. The van der Waals surface area contributed by atoms with Crippen LogP contribution in [0.5, 0.6) is 5.75 Å². The van der Waals surface area contributed by atoms with Gasteiger partial charge in [-0.05, 0) is 47.3 Å². The van der Waals surface area contributed by atoms with Crippen LogP contribution in [0.3, 0.4) is 0 Å². The Kier molecular flexibility index (Phi) is 7.07. The van der Waals surface area contributed by atoms with E-state index in [2.05, 4.69) is 15.5 Å². The minimum absolute atomic E-state index is 0.0231. The molecule has 4 N–H and O–H groups in total. The third-order valence-electron chi connectivity index (χ3n) is 5.42. The highest BCUT2D eigenvalue weighted by Crippen LogP contribution is 2.40. The monoisotopic (exact) mass is 500 g/mol. The first-order valence-corrected chi connectivity index (χ1v) is 11.3. The zero-order valence-corrected chi connectivity index (χ0v) is 19.9. The average Bonchev–Trinajstić information content (AvgIpc) is 2.84. The highest BCUT2D eigenvalue weighted by atomic mass is 35.5. The van der Waals surface area contributed by atoms with Gasteiger partial charge >= 0.3 is 0 Å². The molecule has 0 spiro atoms. The van der Waals surface area contributed by atoms with Crippen molar-refractivity contribution in [3.63, 3.8) is 0 Å². The van der Waals surface area contributed by atoms with Crippen molar-refractivity contribution in [3.8, 4) is 5.75 Å². The lowest BCUT2D eigenvalue weighted by Gasteiger charge is -2.11. The smallest absolute Gasteiger partial charge is 0.248 e. The standard InChI is InChI=1S/C27H21ClN4O4/c1-15(33)30-19-9-6-16(7-10-19)12-24(34)21-13-17-4-2-3-5-20(17)25(26(21)35)32-31-23-14-18(27(29)36)8-11-22(23)28/h2-11,13-14,35H,12H2,1H3,(H2,29,36)(H,30,33). The Morgan fingerprint density at radius 1 is 0.972 bits per heavy atom. The number of nitrogens with one attached hydrogen (secondary N) is 1. The fourth-order valence-electron chi connectivity index (χ4n) is 3.67. The van der Waals surface area contributed by atoms with Gasteiger partial charge < -0.3 is 16.2 Å². The quantitative estimate of drug-likeness (QED) is 0.209. The van der Waals surface area contributed by atoms with Crippen LogP contribution in [0.15, 0.2) is 83.0 Å². The number of ketones is 1. The van der Waals surface area contributed by atoms with E-state index in [0.717, 1.165) is 0 Å². The van der Waals surface area contributed by atoms with Crippen molar-refractivity contribution in [3.05, 3.63) is 94.5 Å². The van der Waals surface area contributed by atoms with Crippen LogP contribution in [0.2, 0.25) is 5.02 Å². The van der Waals surface area contributed by atoms with Gasteiger partial charge in [0.1, 0.15) is 11.4 Å². The summed E-state index contributed by atoms with van der Waals surface area (Å²) in [4.78, 5) is 35.9. The second-order valence-electron chi connectivity index (χ2n) is 8.05. The Hall–Kier alpha value is -4.56. The Morgan fingerprint density at radius 2 is 1.69 bits per heavy atom. The fourth-order valence-corrected chi connectivity index (χ4v) is 3.82. The zero-order chi connectivity index (χ0) is 25.8. The predicted octanol–water partition coefficient (Wildman–Crippen LogP) is 6.10. The molecule has 0 saturated heterocycles. The summed E-state index contributed by atoms with van der Waals surface area (Å²) in [6.07, 6.45) is 0.0231. The molecular weight excluding hydrogens is 480 g/mol. The third kappa shape index (κ3) is 5.39. The van der Waals surface area contributed by atoms with Crippen LogP contribution in [-0.2, 0) is 11.2 Å². The number of carbonyl (C=O) groups is 3. The Balaban J connectivity index is 1.71. The zero-order valence-electron chi connectivity index (χ0n) is 19.2. The van der Waals surface area contributed by atoms with E-state index >= 15 is 0 Å². The number of nitrogens with two attached hydrogens (primary N) is 1. The van der Waals surface area contributed by atoms with Crippen molar-refractivity contribution >= 4 is 57.0 Å². The van der Waals surface area contributed by atoms with Crippen LogP contribution in [0.4, 0.5) is 17.1 Å². The van der Waals surface area contributed by atoms with Crippen molar-refractivity contribution in [1.29, 1.82) is 0 Å². The molecule has 4 aromatic rings. The molecule has 4 aromatic carbocycles. The van der Waals surface area contributed by atoms with E-state index in [9.17, 15) is 19.5 Å². The molecule has 0 atom stereocenters. The first kappa shape index (κ1) is 24.6. The number of carbonyl (C=O) groups excluding carboxylic acids is 3. The van der Waals surface area contributed by atoms with E-state index in [4.69, 9.17) is 17.3 Å². The number of aromatic hydroxyl groups is 1. The number of primary amides is 1. The molecule has 0 radical (unpaired) electrons. The number of phenolic OH excluding ortho intramolecular Hbond substituents is 1. The predicted molar refractivity (Wildman–Crippen MR) is 139 cm³/mol. The number of halogens is 1. The van der Waals surface area contributed by atoms with E-state index in [1.807, 2.05) is 6.07 Å². The molecule has 8 nitrogen and oxygen atoms in total. The molecule has 0 aliphatic carbocycles. The van der Waals surface area contributed by atoms with E-state index < -0.39 is 5.91 Å². The molecule has 0 aliphatic heterocycles. The molecule has 0 saturated carbocycles. The number of fused-ring (bicyclic) bond motifs is 1. The molecule has 0 bridgehead atoms. The summed E-state index contributed by atoms with van der Waals surface area (Å²) in [5.74, 6) is -1.48. The second-order valence-corrected chi connectivity index (χ2v) is 8.46. The van der Waals surface area contributed by atoms with Gasteiger partial charge in [0.15, 0.2) is 11.5 Å². The highest BCUT2D eigenvalue weighted by molar-refractivity contribution is 6.33. The third-order valence-corrected chi connectivity index (χ3v) is 5.74. The molecule has 2 amide bonds. The number of rotatable bonds is 7. The van der Waals surface area contributed by atoms with Gasteiger partial charge in [-0.25, -0.2) is 0 Å². The second kappa shape index (κ2) is 10.4. The summed E-state index contributed by atoms with van der Waals surface area (Å²) in [5, 5.41) is 23.5. The minimum atomic E-state index is -0.644. The maximum atomic E-state index is 13.2. The van der Waals surface area contributed by atoms with Crippen molar-refractivity contribution < 1.29 is 19.5 Å². The lowest BCUT2D eigenvalue weighted by atomic mass is 9.97. The minimum Gasteiger partial charge on any atom is -0.505 e. The Morgan fingerprint density at radius 3 is 2.39 bits per heavy atom. The van der Waals surface area contributed by atoms with Gasteiger partial charge in [0, 0.05) is 30.0 Å². The van der Waals surface area contributed by atoms with E-state index in [1.165, 1.54) is 25.1 Å². The van der Waals surface area contributed by atoms with Crippen LogP contribution in [0.1, 0.15) is 33.2 Å². The Labute approximate surface area is 211 Å². The molecule has 0 unspecified atom stereocenters. The van der Waals surface area contributed by atoms with E-state index in [1.54, 1.807) is 48.5 Å². The fraction of sp³-hybridized carbons (Fsp3) is 0.0741. The van der Waals surface area contributed by atoms with Crippen molar-refractivity contribution in [2.24, 2.45) is 16.0 Å². The normalized spacial score (nSPS) is 11.1. The van der Waals surface area contributed by atoms with Crippen molar-refractivity contribution in [1.82, 2.24) is 0 Å². The molecule has 0 aromatic heterocycles. The topological polar surface area (TPSA) is 134 Å². The first-order valence-electron chi connectivity index (χ1n) is 10.9.